The van der Waals surface area contributed by atoms with Gasteiger partial charge in [-0.15, -0.1) is 0 Å². The zero-order chi connectivity index (χ0) is 30.1. The van der Waals surface area contributed by atoms with Gasteiger partial charge in [-0.1, -0.05) is 18.2 Å². The number of para-hydroxylation sites is 1. The standard InChI is InChI=1S/C32H34N8O3/c1-32(2,38-16-7-17-38)18-22(19-33)30(41)37-15-6-8-24(20-37)40-29-27(28(34)35-21-36-29)39(31(40)42)23-11-13-26(14-12-23)43-25-9-4-3-5-10-25/h3-5,9-14,18,21,24H,6-8,15-17,20H2,1-2H3,(H2,34,35,36). The molecule has 0 bridgehead atoms. The Morgan fingerprint density at radius 2 is 1.77 bits per heavy atom. The van der Waals surface area contributed by atoms with Crippen molar-refractivity contribution < 1.29 is 9.53 Å². The number of nitrogen functional groups attached to an aromatic ring is 1. The van der Waals surface area contributed by atoms with Crippen LogP contribution in [0.15, 0.2) is 77.4 Å². The van der Waals surface area contributed by atoms with Gasteiger partial charge in [-0.25, -0.2) is 14.8 Å². The summed E-state index contributed by atoms with van der Waals surface area (Å²) in [6, 6.07) is 18.4. The highest BCUT2D eigenvalue weighted by Crippen LogP contribution is 2.30. The number of aromatic nitrogens is 4. The number of ether oxygens (including phenoxy) is 1. The van der Waals surface area contributed by atoms with Gasteiger partial charge in [0.1, 0.15) is 35.0 Å². The number of anilines is 1. The van der Waals surface area contributed by atoms with Gasteiger partial charge in [0.05, 0.1) is 11.7 Å². The molecule has 2 aromatic carbocycles. The number of imidazole rings is 1. The van der Waals surface area contributed by atoms with E-state index in [0.29, 0.717) is 47.7 Å². The number of nitrogens with zero attached hydrogens (tertiary/aromatic N) is 7. The number of nitriles is 1. The van der Waals surface area contributed by atoms with Crippen LogP contribution in [0.4, 0.5) is 5.82 Å². The second-order valence-electron chi connectivity index (χ2n) is 11.5. The summed E-state index contributed by atoms with van der Waals surface area (Å²) in [4.78, 5) is 40.2. The van der Waals surface area contributed by atoms with E-state index in [0.717, 1.165) is 19.5 Å². The Labute approximate surface area is 249 Å². The topological polar surface area (TPSA) is 135 Å². The summed E-state index contributed by atoms with van der Waals surface area (Å²) < 4.78 is 9.04. The Morgan fingerprint density at radius 3 is 2.44 bits per heavy atom. The molecule has 1 amide bonds. The number of hydrogen-bond donors (Lipinski definition) is 1. The number of fused-ring (bicyclic) bond motifs is 1. The summed E-state index contributed by atoms with van der Waals surface area (Å²) in [6.45, 7) is 6.72. The summed E-state index contributed by atoms with van der Waals surface area (Å²) in [6.07, 6.45) is 5.57. The second-order valence-corrected chi connectivity index (χ2v) is 11.5. The zero-order valence-electron chi connectivity index (χ0n) is 24.3. The highest BCUT2D eigenvalue weighted by atomic mass is 16.5. The third-order valence-corrected chi connectivity index (χ3v) is 8.32. The SMILES string of the molecule is CC(C)(C=C(C#N)C(=O)N1CCCC(n2c(=O)n(-c3ccc(Oc4ccccc4)cc3)c3c(N)ncnc32)C1)N1CCC1. The van der Waals surface area contributed by atoms with Gasteiger partial charge in [-0.2, -0.15) is 5.26 Å². The molecule has 4 heterocycles. The van der Waals surface area contributed by atoms with Gasteiger partial charge in [0.25, 0.3) is 5.91 Å². The molecule has 0 radical (unpaired) electrons. The highest BCUT2D eigenvalue weighted by molar-refractivity contribution is 5.97. The first kappa shape index (κ1) is 28.2. The quantitative estimate of drug-likeness (QED) is 0.256. The van der Waals surface area contributed by atoms with E-state index in [1.807, 2.05) is 44.2 Å². The minimum Gasteiger partial charge on any atom is -0.457 e. The van der Waals surface area contributed by atoms with E-state index < -0.39 is 5.54 Å². The first-order valence-corrected chi connectivity index (χ1v) is 14.5. The normalized spacial score (nSPS) is 17.8. The molecule has 2 fully saturated rings. The number of benzene rings is 2. The Morgan fingerprint density at radius 1 is 1.05 bits per heavy atom. The first-order valence-electron chi connectivity index (χ1n) is 14.5. The predicted octanol–water partition coefficient (Wildman–Crippen LogP) is 4.05. The van der Waals surface area contributed by atoms with Crippen LogP contribution in [0.5, 0.6) is 11.5 Å². The van der Waals surface area contributed by atoms with Crippen LogP contribution >= 0.6 is 0 Å². The lowest BCUT2D eigenvalue weighted by molar-refractivity contribution is -0.128. The fraction of sp³-hybridized carbons (Fsp3) is 0.344. The van der Waals surface area contributed by atoms with E-state index in [1.54, 1.807) is 39.8 Å². The molecule has 2 aliphatic rings. The van der Waals surface area contributed by atoms with Gasteiger partial charge >= 0.3 is 5.69 Å². The maximum Gasteiger partial charge on any atom is 0.335 e. The van der Waals surface area contributed by atoms with Crippen molar-refractivity contribution in [1.82, 2.24) is 28.9 Å². The number of piperidine rings is 1. The second kappa shape index (κ2) is 11.4. The van der Waals surface area contributed by atoms with Crippen LogP contribution in [0, 0.1) is 11.3 Å². The van der Waals surface area contributed by atoms with Crippen molar-refractivity contribution in [3.63, 3.8) is 0 Å². The van der Waals surface area contributed by atoms with E-state index in [4.69, 9.17) is 10.5 Å². The lowest BCUT2D eigenvalue weighted by Crippen LogP contribution is -2.51. The van der Waals surface area contributed by atoms with E-state index >= 15 is 0 Å². The number of carbonyl (C=O) groups is 1. The van der Waals surface area contributed by atoms with Crippen LogP contribution in [0.3, 0.4) is 0 Å². The van der Waals surface area contributed by atoms with Gasteiger partial charge < -0.3 is 15.4 Å². The highest BCUT2D eigenvalue weighted by Gasteiger charge is 2.34. The third kappa shape index (κ3) is 5.37. The zero-order valence-corrected chi connectivity index (χ0v) is 24.3. The van der Waals surface area contributed by atoms with Gasteiger partial charge in [0.2, 0.25) is 0 Å². The molecule has 11 heteroatoms. The van der Waals surface area contributed by atoms with E-state index in [9.17, 15) is 14.9 Å². The smallest absolute Gasteiger partial charge is 0.335 e. The molecule has 2 aromatic heterocycles. The largest absolute Gasteiger partial charge is 0.457 e. The summed E-state index contributed by atoms with van der Waals surface area (Å²) in [7, 11) is 0. The van der Waals surface area contributed by atoms with Gasteiger partial charge in [-0.3, -0.25) is 18.8 Å². The van der Waals surface area contributed by atoms with Crippen LogP contribution < -0.4 is 16.2 Å². The molecular weight excluding hydrogens is 544 g/mol. The molecule has 2 aliphatic heterocycles. The van der Waals surface area contributed by atoms with E-state index in [2.05, 4.69) is 20.9 Å². The van der Waals surface area contributed by atoms with E-state index in [1.165, 1.54) is 10.9 Å². The van der Waals surface area contributed by atoms with Crippen molar-refractivity contribution in [1.29, 1.82) is 5.26 Å². The Hall–Kier alpha value is -4.95. The fourth-order valence-electron chi connectivity index (χ4n) is 5.92. The molecule has 43 heavy (non-hydrogen) atoms. The lowest BCUT2D eigenvalue weighted by Gasteiger charge is -2.43. The van der Waals surface area contributed by atoms with Crippen molar-refractivity contribution in [2.24, 2.45) is 0 Å². The van der Waals surface area contributed by atoms with Crippen molar-refractivity contribution >= 4 is 22.9 Å². The van der Waals surface area contributed by atoms with Crippen LogP contribution in [0.2, 0.25) is 0 Å². The minimum absolute atomic E-state index is 0.122. The molecule has 220 valence electrons. The molecule has 11 nitrogen and oxygen atoms in total. The van der Waals surface area contributed by atoms with Crippen LogP contribution in [0.1, 0.15) is 39.2 Å². The molecule has 4 aromatic rings. The summed E-state index contributed by atoms with van der Waals surface area (Å²) >= 11 is 0. The Balaban J connectivity index is 1.31. The van der Waals surface area contributed by atoms with Crippen molar-refractivity contribution in [2.45, 2.75) is 44.7 Å². The molecule has 0 aliphatic carbocycles. The number of carbonyl (C=O) groups excluding carboxylic acids is 1. The number of amides is 1. The number of hydrogen-bond acceptors (Lipinski definition) is 8. The first-order chi connectivity index (χ1) is 20.8. The molecule has 0 saturated carbocycles. The monoisotopic (exact) mass is 578 g/mol. The number of nitrogens with two attached hydrogens (primary N) is 1. The molecule has 6 rings (SSSR count). The fourth-order valence-corrected chi connectivity index (χ4v) is 5.92. The predicted molar refractivity (Wildman–Crippen MR) is 163 cm³/mol. The Bertz CT molecular complexity index is 1780. The maximum atomic E-state index is 14.1. The molecule has 1 unspecified atom stereocenters. The summed E-state index contributed by atoms with van der Waals surface area (Å²) in [5.41, 5.74) is 7.10. The number of likely N-dealkylation sites (tertiary alicyclic amines) is 2. The average Bonchev–Trinajstić information content (AvgIpc) is 3.28. The third-order valence-electron chi connectivity index (χ3n) is 8.32. The van der Waals surface area contributed by atoms with Crippen LogP contribution in [-0.2, 0) is 4.79 Å². The maximum absolute atomic E-state index is 14.1. The van der Waals surface area contributed by atoms with Gasteiger partial charge in [0.15, 0.2) is 11.5 Å². The van der Waals surface area contributed by atoms with Crippen LogP contribution in [0.25, 0.3) is 16.9 Å². The Kier molecular flexibility index (Phi) is 7.46. The van der Waals surface area contributed by atoms with Gasteiger partial charge in [0, 0.05) is 31.7 Å². The molecule has 2 N–H and O–H groups in total. The van der Waals surface area contributed by atoms with Gasteiger partial charge in [-0.05, 0) is 75.6 Å². The average molecular weight is 579 g/mol. The van der Waals surface area contributed by atoms with Crippen molar-refractivity contribution in [3.8, 4) is 23.3 Å². The minimum atomic E-state index is -0.394. The molecular formula is C32H34N8O3. The van der Waals surface area contributed by atoms with E-state index in [-0.39, 0.29) is 35.6 Å². The number of rotatable bonds is 7. The lowest BCUT2D eigenvalue weighted by atomic mass is 9.94. The molecule has 0 spiro atoms. The summed E-state index contributed by atoms with van der Waals surface area (Å²) in [5, 5.41) is 9.91. The van der Waals surface area contributed by atoms with Crippen molar-refractivity contribution in [3.05, 3.63) is 83.1 Å². The van der Waals surface area contributed by atoms with Crippen LogP contribution in [-0.4, -0.2) is 66.5 Å². The molecule has 1 atom stereocenters. The molecule has 2 saturated heterocycles. The summed E-state index contributed by atoms with van der Waals surface area (Å²) in [5.74, 6) is 1.19. The van der Waals surface area contributed by atoms with Crippen molar-refractivity contribution in [2.75, 3.05) is 31.9 Å².